The van der Waals surface area contributed by atoms with Gasteiger partial charge in [0.2, 0.25) is 0 Å². The summed E-state index contributed by atoms with van der Waals surface area (Å²) in [5.74, 6) is 1.02. The third kappa shape index (κ3) is 5.49. The van der Waals surface area contributed by atoms with Gasteiger partial charge in [-0.3, -0.25) is 0 Å². The Labute approximate surface area is 166 Å². The minimum atomic E-state index is -0.221. The van der Waals surface area contributed by atoms with Crippen LogP contribution in [0.4, 0.5) is 4.79 Å². The van der Waals surface area contributed by atoms with Crippen LogP contribution in [0.1, 0.15) is 37.7 Å². The van der Waals surface area contributed by atoms with E-state index in [9.17, 15) is 4.79 Å². The van der Waals surface area contributed by atoms with Crippen LogP contribution >= 0.6 is 24.0 Å². The van der Waals surface area contributed by atoms with E-state index in [0.717, 1.165) is 19.3 Å². The molecule has 0 bridgehead atoms. The van der Waals surface area contributed by atoms with Gasteiger partial charge in [0.05, 0.1) is 12.6 Å². The number of likely N-dealkylation sites (tertiary alicyclic amines) is 1. The van der Waals surface area contributed by atoms with E-state index < -0.39 is 0 Å². The first-order valence-electron chi connectivity index (χ1n) is 8.73. The zero-order valence-corrected chi connectivity index (χ0v) is 16.9. The van der Waals surface area contributed by atoms with Crippen molar-refractivity contribution in [1.29, 1.82) is 0 Å². The van der Waals surface area contributed by atoms with Crippen molar-refractivity contribution in [3.05, 3.63) is 35.9 Å². The molecule has 6 nitrogen and oxygen atoms in total. The third-order valence-corrected chi connectivity index (χ3v) is 4.66. The highest BCUT2D eigenvalue weighted by Gasteiger charge is 2.38. The van der Waals surface area contributed by atoms with E-state index in [0.29, 0.717) is 37.6 Å². The zero-order chi connectivity index (χ0) is 16.9. The van der Waals surface area contributed by atoms with Crippen LogP contribution in [0.3, 0.4) is 0 Å². The molecule has 3 rings (SSSR count). The van der Waals surface area contributed by atoms with Crippen LogP contribution in [0.15, 0.2) is 35.3 Å². The quantitative estimate of drug-likeness (QED) is 0.413. The van der Waals surface area contributed by atoms with Gasteiger partial charge in [-0.25, -0.2) is 9.79 Å². The predicted molar refractivity (Wildman–Crippen MR) is 109 cm³/mol. The number of piperidine rings is 1. The zero-order valence-electron chi connectivity index (χ0n) is 14.6. The fourth-order valence-electron chi connectivity index (χ4n) is 3.23. The van der Waals surface area contributed by atoms with Crippen molar-refractivity contribution in [2.24, 2.45) is 10.7 Å². The lowest BCUT2D eigenvalue weighted by atomic mass is 10.1. The number of hydrogen-bond acceptors (Lipinski definition) is 3. The number of halogens is 1. The first kappa shape index (κ1) is 19.8. The Hall–Kier alpha value is -1.51. The predicted octanol–water partition coefficient (Wildman–Crippen LogP) is 2.69. The molecule has 1 saturated carbocycles. The first-order chi connectivity index (χ1) is 11.7. The SMILES string of the molecule is CCOC(=O)N1CCC(NC(N)=NC2CC2c2ccccc2)CC1.I. The van der Waals surface area contributed by atoms with Crippen LogP contribution in [0, 0.1) is 0 Å². The van der Waals surface area contributed by atoms with Gasteiger partial charge in [0.1, 0.15) is 0 Å². The van der Waals surface area contributed by atoms with Gasteiger partial charge < -0.3 is 20.7 Å². The smallest absolute Gasteiger partial charge is 0.409 e. The molecule has 1 amide bonds. The van der Waals surface area contributed by atoms with Crippen LogP contribution < -0.4 is 11.1 Å². The molecule has 138 valence electrons. The summed E-state index contributed by atoms with van der Waals surface area (Å²) >= 11 is 0. The number of rotatable bonds is 4. The number of nitrogens with zero attached hydrogens (tertiary/aromatic N) is 2. The second kappa shape index (κ2) is 9.26. The van der Waals surface area contributed by atoms with Gasteiger partial charge in [-0.15, -0.1) is 24.0 Å². The fraction of sp³-hybridized carbons (Fsp3) is 0.556. The van der Waals surface area contributed by atoms with E-state index in [2.05, 4.69) is 34.6 Å². The lowest BCUT2D eigenvalue weighted by Crippen LogP contribution is -2.48. The van der Waals surface area contributed by atoms with Gasteiger partial charge >= 0.3 is 6.09 Å². The Balaban J connectivity index is 0.00000225. The Bertz CT molecular complexity index is 588. The number of carbonyl (C=O) groups is 1. The van der Waals surface area contributed by atoms with Crippen molar-refractivity contribution in [3.8, 4) is 0 Å². The molecule has 1 heterocycles. The van der Waals surface area contributed by atoms with Crippen molar-refractivity contribution >= 4 is 36.0 Å². The number of hydrogen-bond donors (Lipinski definition) is 2. The average molecular weight is 458 g/mol. The molecule has 2 unspecified atom stereocenters. The second-order valence-corrected chi connectivity index (χ2v) is 6.44. The summed E-state index contributed by atoms with van der Waals surface area (Å²) in [6.45, 7) is 3.63. The standard InChI is InChI=1S/C18H26N4O2.HI/c1-2-24-18(23)22-10-8-14(9-11-22)20-17(19)21-16-12-15(16)13-6-4-3-5-7-13;/h3-7,14-16H,2,8-12H2,1H3,(H3,19,20,21);1H. The van der Waals surface area contributed by atoms with Gasteiger partial charge in [-0.2, -0.15) is 0 Å². The van der Waals surface area contributed by atoms with Crippen LogP contribution in [0.2, 0.25) is 0 Å². The lowest BCUT2D eigenvalue weighted by Gasteiger charge is -2.31. The number of aliphatic imine (C=N–C) groups is 1. The van der Waals surface area contributed by atoms with Crippen molar-refractivity contribution in [3.63, 3.8) is 0 Å². The molecule has 2 atom stereocenters. The van der Waals surface area contributed by atoms with Crippen molar-refractivity contribution in [2.45, 2.75) is 44.2 Å². The molecule has 2 fully saturated rings. The molecule has 3 N–H and O–H groups in total. The summed E-state index contributed by atoms with van der Waals surface area (Å²) in [6, 6.07) is 11.0. The Kier molecular flexibility index (Phi) is 7.34. The molecule has 1 aliphatic carbocycles. The van der Waals surface area contributed by atoms with Crippen LogP contribution in [-0.2, 0) is 4.74 Å². The molecule has 0 spiro atoms. The Morgan fingerprint density at radius 3 is 2.64 bits per heavy atom. The van der Waals surface area contributed by atoms with E-state index in [1.165, 1.54) is 5.56 Å². The summed E-state index contributed by atoms with van der Waals surface area (Å²) in [6.07, 6.45) is 2.57. The van der Waals surface area contributed by atoms with Gasteiger partial charge in [0.25, 0.3) is 0 Å². The maximum Gasteiger partial charge on any atom is 0.409 e. The molecule has 1 aromatic carbocycles. The number of ether oxygens (including phenoxy) is 1. The largest absolute Gasteiger partial charge is 0.450 e. The Morgan fingerprint density at radius 2 is 2.00 bits per heavy atom. The van der Waals surface area contributed by atoms with Gasteiger partial charge in [-0.05, 0) is 31.7 Å². The molecule has 0 radical (unpaired) electrons. The number of amides is 1. The topological polar surface area (TPSA) is 80.0 Å². The molecule has 1 saturated heterocycles. The molecule has 2 aliphatic rings. The number of nitrogens with two attached hydrogens (primary N) is 1. The highest BCUT2D eigenvalue weighted by Crippen LogP contribution is 2.43. The van der Waals surface area contributed by atoms with Gasteiger partial charge in [0, 0.05) is 25.0 Å². The minimum Gasteiger partial charge on any atom is -0.450 e. The van der Waals surface area contributed by atoms with Gasteiger partial charge in [0.15, 0.2) is 5.96 Å². The van der Waals surface area contributed by atoms with E-state index in [1.807, 2.05) is 13.0 Å². The normalized spacial score (nSPS) is 23.6. The molecule has 1 aromatic rings. The average Bonchev–Trinajstić information content (AvgIpc) is 3.35. The summed E-state index contributed by atoms with van der Waals surface area (Å²) < 4.78 is 5.03. The number of carbonyl (C=O) groups excluding carboxylic acids is 1. The third-order valence-electron chi connectivity index (χ3n) is 4.66. The van der Waals surface area contributed by atoms with E-state index in [1.54, 1.807) is 4.90 Å². The fourth-order valence-corrected chi connectivity index (χ4v) is 3.23. The minimum absolute atomic E-state index is 0. The van der Waals surface area contributed by atoms with E-state index in [4.69, 9.17) is 10.5 Å². The number of benzene rings is 1. The highest BCUT2D eigenvalue weighted by molar-refractivity contribution is 14.0. The molecule has 1 aliphatic heterocycles. The summed E-state index contributed by atoms with van der Waals surface area (Å²) in [7, 11) is 0. The molecular formula is C18H27IN4O2. The first-order valence-corrected chi connectivity index (χ1v) is 8.73. The summed E-state index contributed by atoms with van der Waals surface area (Å²) in [5, 5.41) is 3.30. The van der Waals surface area contributed by atoms with E-state index >= 15 is 0 Å². The summed E-state index contributed by atoms with van der Waals surface area (Å²) in [5.41, 5.74) is 7.40. The van der Waals surface area contributed by atoms with E-state index in [-0.39, 0.29) is 36.1 Å². The number of guanidine groups is 1. The van der Waals surface area contributed by atoms with Crippen molar-refractivity contribution < 1.29 is 9.53 Å². The van der Waals surface area contributed by atoms with Crippen LogP contribution in [0.5, 0.6) is 0 Å². The van der Waals surface area contributed by atoms with Crippen molar-refractivity contribution in [2.75, 3.05) is 19.7 Å². The van der Waals surface area contributed by atoms with Crippen LogP contribution in [-0.4, -0.2) is 48.7 Å². The van der Waals surface area contributed by atoms with Crippen LogP contribution in [0.25, 0.3) is 0 Å². The molecular weight excluding hydrogens is 431 g/mol. The summed E-state index contributed by atoms with van der Waals surface area (Å²) in [4.78, 5) is 18.0. The molecule has 0 aromatic heterocycles. The van der Waals surface area contributed by atoms with Crippen molar-refractivity contribution in [1.82, 2.24) is 10.2 Å². The molecule has 7 heteroatoms. The lowest BCUT2D eigenvalue weighted by molar-refractivity contribution is 0.0963. The Morgan fingerprint density at radius 1 is 1.32 bits per heavy atom. The number of nitrogens with one attached hydrogen (secondary N) is 1. The monoisotopic (exact) mass is 458 g/mol. The maximum absolute atomic E-state index is 11.7. The second-order valence-electron chi connectivity index (χ2n) is 6.44. The maximum atomic E-state index is 11.7. The van der Waals surface area contributed by atoms with Gasteiger partial charge in [-0.1, -0.05) is 30.3 Å². The molecule has 25 heavy (non-hydrogen) atoms. The highest BCUT2D eigenvalue weighted by atomic mass is 127.